The Kier molecular flexibility index (Phi) is 5.46. The standard InChI is InChI=1S/C15H31NO/c1-6-11-16-12-15(4,13-7-8-13)10-9-14(2,3)17-5/h13,16H,6-12H2,1-5H3. The second-order valence-corrected chi connectivity index (χ2v) is 6.57. The summed E-state index contributed by atoms with van der Waals surface area (Å²) in [4.78, 5) is 0. The summed E-state index contributed by atoms with van der Waals surface area (Å²) >= 11 is 0. The molecule has 0 amide bonds. The van der Waals surface area contributed by atoms with E-state index >= 15 is 0 Å². The van der Waals surface area contributed by atoms with E-state index in [1.165, 1.54) is 32.2 Å². The van der Waals surface area contributed by atoms with Crippen LogP contribution in [0.4, 0.5) is 0 Å². The van der Waals surface area contributed by atoms with Crippen LogP contribution in [0.15, 0.2) is 0 Å². The molecular formula is C15H31NO. The SMILES string of the molecule is CCCNCC(C)(CCC(C)(C)OC)C1CC1. The minimum atomic E-state index is 0.0287. The van der Waals surface area contributed by atoms with Crippen molar-refractivity contribution in [2.75, 3.05) is 20.2 Å². The van der Waals surface area contributed by atoms with Gasteiger partial charge in [-0.05, 0) is 63.8 Å². The van der Waals surface area contributed by atoms with Gasteiger partial charge in [-0.1, -0.05) is 13.8 Å². The highest BCUT2D eigenvalue weighted by molar-refractivity contribution is 4.93. The number of ether oxygens (including phenoxy) is 1. The Morgan fingerprint density at radius 3 is 2.29 bits per heavy atom. The van der Waals surface area contributed by atoms with E-state index in [1.807, 2.05) is 7.11 Å². The van der Waals surface area contributed by atoms with E-state index < -0.39 is 0 Å². The summed E-state index contributed by atoms with van der Waals surface area (Å²) in [5.41, 5.74) is 0.506. The summed E-state index contributed by atoms with van der Waals surface area (Å²) in [6.07, 6.45) is 6.51. The molecule has 0 aliphatic heterocycles. The third-order valence-corrected chi connectivity index (χ3v) is 4.37. The predicted molar refractivity (Wildman–Crippen MR) is 74.3 cm³/mol. The second kappa shape index (κ2) is 6.19. The van der Waals surface area contributed by atoms with Crippen molar-refractivity contribution in [3.8, 4) is 0 Å². The van der Waals surface area contributed by atoms with Crippen molar-refractivity contribution in [2.24, 2.45) is 11.3 Å². The molecule has 0 radical (unpaired) electrons. The van der Waals surface area contributed by atoms with Crippen LogP contribution in [0, 0.1) is 11.3 Å². The molecule has 1 aliphatic carbocycles. The van der Waals surface area contributed by atoms with Crippen molar-refractivity contribution >= 4 is 0 Å². The zero-order valence-corrected chi connectivity index (χ0v) is 12.4. The van der Waals surface area contributed by atoms with Crippen LogP contribution in [-0.2, 0) is 4.74 Å². The van der Waals surface area contributed by atoms with Crippen molar-refractivity contribution < 1.29 is 4.74 Å². The lowest BCUT2D eigenvalue weighted by atomic mass is 9.78. The van der Waals surface area contributed by atoms with Crippen LogP contribution in [0.25, 0.3) is 0 Å². The van der Waals surface area contributed by atoms with Gasteiger partial charge in [0, 0.05) is 13.7 Å². The largest absolute Gasteiger partial charge is 0.379 e. The van der Waals surface area contributed by atoms with Gasteiger partial charge in [0.2, 0.25) is 0 Å². The van der Waals surface area contributed by atoms with Gasteiger partial charge in [-0.2, -0.15) is 0 Å². The van der Waals surface area contributed by atoms with Gasteiger partial charge in [-0.3, -0.25) is 0 Å². The number of rotatable bonds is 9. The first-order valence-corrected chi connectivity index (χ1v) is 7.19. The minimum Gasteiger partial charge on any atom is -0.379 e. The maximum Gasteiger partial charge on any atom is 0.0623 e. The Morgan fingerprint density at radius 1 is 1.18 bits per heavy atom. The summed E-state index contributed by atoms with van der Waals surface area (Å²) in [6, 6.07) is 0. The van der Waals surface area contributed by atoms with E-state index in [1.54, 1.807) is 0 Å². The van der Waals surface area contributed by atoms with Crippen molar-refractivity contribution in [2.45, 2.75) is 65.4 Å². The van der Waals surface area contributed by atoms with Gasteiger partial charge in [0.05, 0.1) is 5.60 Å². The van der Waals surface area contributed by atoms with Gasteiger partial charge in [-0.15, -0.1) is 0 Å². The summed E-state index contributed by atoms with van der Waals surface area (Å²) < 4.78 is 5.54. The maximum absolute atomic E-state index is 5.54. The van der Waals surface area contributed by atoms with E-state index in [9.17, 15) is 0 Å². The van der Waals surface area contributed by atoms with Crippen LogP contribution in [-0.4, -0.2) is 25.8 Å². The minimum absolute atomic E-state index is 0.0287. The van der Waals surface area contributed by atoms with E-state index in [4.69, 9.17) is 4.74 Å². The van der Waals surface area contributed by atoms with E-state index in [0.717, 1.165) is 18.9 Å². The number of hydrogen-bond acceptors (Lipinski definition) is 2. The molecular weight excluding hydrogens is 210 g/mol. The monoisotopic (exact) mass is 241 g/mol. The molecule has 1 rings (SSSR count). The second-order valence-electron chi connectivity index (χ2n) is 6.57. The molecule has 1 N–H and O–H groups in total. The van der Waals surface area contributed by atoms with E-state index in [-0.39, 0.29) is 5.60 Å². The summed E-state index contributed by atoms with van der Waals surface area (Å²) in [5.74, 6) is 0.944. The van der Waals surface area contributed by atoms with Crippen LogP contribution < -0.4 is 5.32 Å². The molecule has 17 heavy (non-hydrogen) atoms. The molecule has 0 aromatic carbocycles. The average Bonchev–Trinajstić information content (AvgIpc) is 3.11. The Balaban J connectivity index is 2.41. The Hall–Kier alpha value is -0.0800. The summed E-state index contributed by atoms with van der Waals surface area (Å²) in [6.45, 7) is 11.4. The predicted octanol–water partition coefficient (Wildman–Crippen LogP) is 3.61. The molecule has 0 heterocycles. The molecule has 1 atom stereocenters. The molecule has 102 valence electrons. The molecule has 0 aromatic heterocycles. The Bertz CT molecular complexity index is 223. The fourth-order valence-electron chi connectivity index (χ4n) is 2.46. The molecule has 0 aromatic rings. The van der Waals surface area contributed by atoms with E-state index in [2.05, 4.69) is 33.0 Å². The first-order chi connectivity index (χ1) is 7.93. The molecule has 1 fully saturated rings. The highest BCUT2D eigenvalue weighted by Crippen LogP contribution is 2.48. The lowest BCUT2D eigenvalue weighted by Gasteiger charge is -2.34. The molecule has 0 saturated heterocycles. The molecule has 2 heteroatoms. The first-order valence-electron chi connectivity index (χ1n) is 7.19. The number of nitrogens with one attached hydrogen (secondary N) is 1. The van der Waals surface area contributed by atoms with Crippen molar-refractivity contribution in [1.82, 2.24) is 5.32 Å². The zero-order valence-electron chi connectivity index (χ0n) is 12.4. The lowest BCUT2D eigenvalue weighted by Crippen LogP contribution is -2.36. The quantitative estimate of drug-likeness (QED) is 0.623. The van der Waals surface area contributed by atoms with Gasteiger partial charge >= 0.3 is 0 Å². The van der Waals surface area contributed by atoms with Crippen molar-refractivity contribution in [3.05, 3.63) is 0 Å². The van der Waals surface area contributed by atoms with Crippen LogP contribution >= 0.6 is 0 Å². The van der Waals surface area contributed by atoms with E-state index in [0.29, 0.717) is 5.41 Å². The molecule has 2 nitrogen and oxygen atoms in total. The van der Waals surface area contributed by atoms with Gasteiger partial charge in [0.1, 0.15) is 0 Å². The smallest absolute Gasteiger partial charge is 0.0623 e. The Morgan fingerprint density at radius 2 is 1.82 bits per heavy atom. The van der Waals surface area contributed by atoms with Crippen LogP contribution in [0.3, 0.4) is 0 Å². The van der Waals surface area contributed by atoms with Gasteiger partial charge in [0.25, 0.3) is 0 Å². The third kappa shape index (κ3) is 4.97. The fourth-order valence-corrected chi connectivity index (χ4v) is 2.46. The van der Waals surface area contributed by atoms with Gasteiger partial charge in [-0.25, -0.2) is 0 Å². The molecule has 0 spiro atoms. The number of methoxy groups -OCH3 is 1. The van der Waals surface area contributed by atoms with Gasteiger partial charge < -0.3 is 10.1 Å². The zero-order chi connectivity index (χ0) is 12.9. The average molecular weight is 241 g/mol. The van der Waals surface area contributed by atoms with Crippen LogP contribution in [0.1, 0.15) is 59.8 Å². The third-order valence-electron chi connectivity index (χ3n) is 4.37. The summed E-state index contributed by atoms with van der Waals surface area (Å²) in [7, 11) is 1.82. The first kappa shape index (κ1) is 15.0. The van der Waals surface area contributed by atoms with Crippen LogP contribution in [0.5, 0.6) is 0 Å². The fraction of sp³-hybridized carbons (Fsp3) is 1.00. The van der Waals surface area contributed by atoms with Crippen LogP contribution in [0.2, 0.25) is 0 Å². The van der Waals surface area contributed by atoms with Crippen molar-refractivity contribution in [3.63, 3.8) is 0 Å². The maximum atomic E-state index is 5.54. The normalized spacial score (nSPS) is 20.3. The molecule has 0 bridgehead atoms. The van der Waals surface area contributed by atoms with Gasteiger partial charge in [0.15, 0.2) is 0 Å². The Labute approximate surface area is 108 Å². The highest BCUT2D eigenvalue weighted by Gasteiger charge is 2.41. The molecule has 1 saturated carbocycles. The topological polar surface area (TPSA) is 21.3 Å². The van der Waals surface area contributed by atoms with Crippen molar-refractivity contribution in [1.29, 1.82) is 0 Å². The molecule has 1 aliphatic rings. The summed E-state index contributed by atoms with van der Waals surface area (Å²) in [5, 5.41) is 3.61. The highest BCUT2D eigenvalue weighted by atomic mass is 16.5. The number of hydrogen-bond donors (Lipinski definition) is 1. The molecule has 1 unspecified atom stereocenters. The lowest BCUT2D eigenvalue weighted by molar-refractivity contribution is 0.00276.